The van der Waals surface area contributed by atoms with E-state index in [9.17, 15) is 8.78 Å². The highest BCUT2D eigenvalue weighted by molar-refractivity contribution is 4.97. The van der Waals surface area contributed by atoms with Crippen LogP contribution in [0.2, 0.25) is 0 Å². The number of hydrogen-bond donors (Lipinski definition) is 0. The average molecular weight is 262 g/mol. The largest absolute Gasteiger partial charge is 0.373 e. The van der Waals surface area contributed by atoms with Gasteiger partial charge in [0.15, 0.2) is 0 Å². The van der Waals surface area contributed by atoms with Crippen LogP contribution in [-0.2, 0) is 9.47 Å². The maximum absolute atomic E-state index is 13.2. The molecule has 0 saturated heterocycles. The molecule has 0 bridgehead atoms. The Morgan fingerprint density at radius 1 is 1.17 bits per heavy atom. The van der Waals surface area contributed by atoms with Crippen LogP contribution in [0.15, 0.2) is 12.2 Å². The lowest BCUT2D eigenvalue weighted by Crippen LogP contribution is -2.42. The maximum atomic E-state index is 13.2. The van der Waals surface area contributed by atoms with E-state index in [0.29, 0.717) is 0 Å². The normalized spacial score (nSPS) is 25.1. The summed E-state index contributed by atoms with van der Waals surface area (Å²) in [5, 5.41) is 0. The SMILES string of the molecule is CC(C)OC1CCC1OCC=CC(F)(F)C(C)C. The van der Waals surface area contributed by atoms with Gasteiger partial charge in [-0.25, -0.2) is 8.78 Å². The summed E-state index contributed by atoms with van der Waals surface area (Å²) in [6.45, 7) is 7.20. The van der Waals surface area contributed by atoms with E-state index in [-0.39, 0.29) is 24.9 Å². The minimum absolute atomic E-state index is 0.0599. The minimum Gasteiger partial charge on any atom is -0.373 e. The molecule has 0 aromatic carbocycles. The third-order valence-electron chi connectivity index (χ3n) is 3.11. The molecule has 1 fully saturated rings. The number of halogens is 2. The summed E-state index contributed by atoms with van der Waals surface area (Å²) >= 11 is 0. The first-order chi connectivity index (χ1) is 8.33. The van der Waals surface area contributed by atoms with Crippen molar-refractivity contribution in [2.75, 3.05) is 6.61 Å². The van der Waals surface area contributed by atoms with E-state index in [2.05, 4.69) is 0 Å². The summed E-state index contributed by atoms with van der Waals surface area (Å²) in [6.07, 6.45) is 4.66. The van der Waals surface area contributed by atoms with Gasteiger partial charge in [0.2, 0.25) is 0 Å². The molecule has 2 nitrogen and oxygen atoms in total. The van der Waals surface area contributed by atoms with E-state index in [1.807, 2.05) is 13.8 Å². The molecule has 0 amide bonds. The quantitative estimate of drug-likeness (QED) is 0.650. The highest BCUT2D eigenvalue weighted by atomic mass is 19.3. The first kappa shape index (κ1) is 15.6. The van der Waals surface area contributed by atoms with Crippen molar-refractivity contribution in [3.63, 3.8) is 0 Å². The second-order valence-corrected chi connectivity index (χ2v) is 5.40. The van der Waals surface area contributed by atoms with Gasteiger partial charge >= 0.3 is 0 Å². The number of alkyl halides is 2. The molecule has 1 aliphatic rings. The van der Waals surface area contributed by atoms with E-state index in [4.69, 9.17) is 9.47 Å². The fourth-order valence-electron chi connectivity index (χ4n) is 1.71. The van der Waals surface area contributed by atoms with Crippen molar-refractivity contribution in [1.82, 2.24) is 0 Å². The van der Waals surface area contributed by atoms with E-state index < -0.39 is 11.8 Å². The van der Waals surface area contributed by atoms with Crippen LogP contribution in [0.5, 0.6) is 0 Å². The Balaban J connectivity index is 2.24. The second-order valence-electron chi connectivity index (χ2n) is 5.40. The van der Waals surface area contributed by atoms with Crippen LogP contribution in [0.4, 0.5) is 8.78 Å². The molecule has 0 aliphatic heterocycles. The van der Waals surface area contributed by atoms with Crippen LogP contribution in [0, 0.1) is 5.92 Å². The summed E-state index contributed by atoms with van der Waals surface area (Å²) in [4.78, 5) is 0. The maximum Gasteiger partial charge on any atom is 0.268 e. The van der Waals surface area contributed by atoms with Crippen molar-refractivity contribution < 1.29 is 18.3 Å². The molecular weight excluding hydrogens is 238 g/mol. The number of allylic oxidation sites excluding steroid dienone is 1. The molecule has 1 aliphatic carbocycles. The van der Waals surface area contributed by atoms with E-state index in [1.165, 1.54) is 19.9 Å². The first-order valence-corrected chi connectivity index (χ1v) is 6.65. The van der Waals surface area contributed by atoms with Gasteiger partial charge in [0.1, 0.15) is 0 Å². The Morgan fingerprint density at radius 2 is 1.78 bits per heavy atom. The van der Waals surface area contributed by atoms with Crippen LogP contribution < -0.4 is 0 Å². The Labute approximate surface area is 108 Å². The molecule has 2 unspecified atom stereocenters. The molecule has 4 heteroatoms. The molecule has 0 spiro atoms. The molecule has 1 saturated carbocycles. The van der Waals surface area contributed by atoms with Crippen LogP contribution in [-0.4, -0.2) is 30.8 Å². The number of hydrogen-bond acceptors (Lipinski definition) is 2. The van der Waals surface area contributed by atoms with Gasteiger partial charge in [-0.3, -0.25) is 0 Å². The summed E-state index contributed by atoms with van der Waals surface area (Å²) in [6, 6.07) is 0. The summed E-state index contributed by atoms with van der Waals surface area (Å²) < 4.78 is 37.7. The van der Waals surface area contributed by atoms with Crippen LogP contribution in [0.3, 0.4) is 0 Å². The molecular formula is C14H24F2O2. The predicted octanol–water partition coefficient (Wildman–Crippen LogP) is 3.81. The summed E-state index contributed by atoms with van der Waals surface area (Å²) in [5.41, 5.74) is 0. The van der Waals surface area contributed by atoms with Gasteiger partial charge in [-0.15, -0.1) is 0 Å². The zero-order valence-corrected chi connectivity index (χ0v) is 11.7. The van der Waals surface area contributed by atoms with Crippen LogP contribution >= 0.6 is 0 Å². The molecule has 0 aromatic heterocycles. The zero-order chi connectivity index (χ0) is 13.8. The summed E-state index contributed by atoms with van der Waals surface area (Å²) in [7, 11) is 0. The number of rotatable bonds is 7. The molecule has 0 radical (unpaired) electrons. The van der Waals surface area contributed by atoms with E-state index in [1.54, 1.807) is 0 Å². The van der Waals surface area contributed by atoms with Crippen molar-refractivity contribution in [3.8, 4) is 0 Å². The molecule has 18 heavy (non-hydrogen) atoms. The Kier molecular flexibility index (Phi) is 5.73. The van der Waals surface area contributed by atoms with E-state index in [0.717, 1.165) is 18.9 Å². The van der Waals surface area contributed by atoms with Crippen LogP contribution in [0.1, 0.15) is 40.5 Å². The van der Waals surface area contributed by atoms with Gasteiger partial charge in [-0.2, -0.15) is 0 Å². The average Bonchev–Trinajstić information content (AvgIpc) is 2.23. The third kappa shape index (κ3) is 4.65. The van der Waals surface area contributed by atoms with Gasteiger partial charge in [0.05, 0.1) is 24.9 Å². The second kappa shape index (κ2) is 6.62. The molecule has 106 valence electrons. The number of ether oxygens (including phenoxy) is 2. The van der Waals surface area contributed by atoms with Crippen molar-refractivity contribution >= 4 is 0 Å². The van der Waals surface area contributed by atoms with Gasteiger partial charge in [0, 0.05) is 5.92 Å². The zero-order valence-electron chi connectivity index (χ0n) is 11.7. The highest BCUT2D eigenvalue weighted by Gasteiger charge is 2.33. The Bertz CT molecular complexity index is 275. The predicted molar refractivity (Wildman–Crippen MR) is 67.9 cm³/mol. The van der Waals surface area contributed by atoms with Crippen molar-refractivity contribution in [2.24, 2.45) is 5.92 Å². The fraction of sp³-hybridized carbons (Fsp3) is 0.857. The topological polar surface area (TPSA) is 18.5 Å². The summed E-state index contributed by atoms with van der Waals surface area (Å²) in [5.74, 6) is -3.44. The van der Waals surface area contributed by atoms with Gasteiger partial charge < -0.3 is 9.47 Å². The molecule has 2 atom stereocenters. The standard InChI is InChI=1S/C14H24F2O2/c1-10(2)14(15,16)8-5-9-17-12-6-7-13(12)18-11(3)4/h5,8,10-13H,6-7,9H2,1-4H3. The monoisotopic (exact) mass is 262 g/mol. The minimum atomic E-state index is -2.75. The third-order valence-corrected chi connectivity index (χ3v) is 3.11. The molecule has 0 heterocycles. The van der Waals surface area contributed by atoms with Crippen LogP contribution in [0.25, 0.3) is 0 Å². The highest BCUT2D eigenvalue weighted by Crippen LogP contribution is 2.28. The molecule has 0 aromatic rings. The van der Waals surface area contributed by atoms with Crippen molar-refractivity contribution in [1.29, 1.82) is 0 Å². The van der Waals surface area contributed by atoms with Crippen molar-refractivity contribution in [2.45, 2.75) is 64.8 Å². The van der Waals surface area contributed by atoms with Crippen molar-refractivity contribution in [3.05, 3.63) is 12.2 Å². The lowest BCUT2D eigenvalue weighted by Gasteiger charge is -2.37. The Hall–Kier alpha value is -0.480. The molecule has 0 N–H and O–H groups in total. The van der Waals surface area contributed by atoms with Gasteiger partial charge in [-0.05, 0) is 32.8 Å². The van der Waals surface area contributed by atoms with Gasteiger partial charge in [-0.1, -0.05) is 19.9 Å². The lowest BCUT2D eigenvalue weighted by molar-refractivity contribution is -0.139. The smallest absolute Gasteiger partial charge is 0.268 e. The lowest BCUT2D eigenvalue weighted by atomic mass is 9.91. The molecule has 1 rings (SSSR count). The van der Waals surface area contributed by atoms with Gasteiger partial charge in [0.25, 0.3) is 5.92 Å². The van der Waals surface area contributed by atoms with E-state index >= 15 is 0 Å². The first-order valence-electron chi connectivity index (χ1n) is 6.65. The fourth-order valence-corrected chi connectivity index (χ4v) is 1.71. The Morgan fingerprint density at radius 3 is 2.22 bits per heavy atom.